The summed E-state index contributed by atoms with van der Waals surface area (Å²) in [5, 5.41) is 4.00. The summed E-state index contributed by atoms with van der Waals surface area (Å²) in [6, 6.07) is -0.122. The van der Waals surface area contributed by atoms with Crippen LogP contribution in [0, 0.1) is 0 Å². The maximum atomic E-state index is 12.5. The molecule has 7 nitrogen and oxygen atoms in total. The van der Waals surface area contributed by atoms with Crippen LogP contribution in [-0.4, -0.2) is 54.8 Å². The fourth-order valence-electron chi connectivity index (χ4n) is 2.27. The van der Waals surface area contributed by atoms with E-state index in [1.54, 1.807) is 7.05 Å². The molecule has 0 aliphatic carbocycles. The van der Waals surface area contributed by atoms with Crippen LogP contribution >= 0.6 is 0 Å². The van der Waals surface area contributed by atoms with Crippen LogP contribution in [0.4, 0.5) is 0 Å². The minimum Gasteiger partial charge on any atom is -0.377 e. The Labute approximate surface area is 113 Å². The molecule has 2 heterocycles. The molecule has 1 saturated heterocycles. The zero-order valence-corrected chi connectivity index (χ0v) is 12.0. The fourth-order valence-corrected chi connectivity index (χ4v) is 3.68. The molecular weight excluding hydrogens is 268 g/mol. The Kier molecular flexibility index (Phi) is 4.24. The van der Waals surface area contributed by atoms with Crippen molar-refractivity contribution in [3.63, 3.8) is 0 Å². The second-order valence-corrected chi connectivity index (χ2v) is 6.68. The highest BCUT2D eigenvalue weighted by Crippen LogP contribution is 2.24. The van der Waals surface area contributed by atoms with E-state index in [9.17, 15) is 8.42 Å². The summed E-state index contributed by atoms with van der Waals surface area (Å²) in [6.07, 6.45) is 3.51. The predicted molar refractivity (Wildman–Crippen MR) is 70.0 cm³/mol. The van der Waals surface area contributed by atoms with Gasteiger partial charge in [0.25, 0.3) is 0 Å². The SMILES string of the molecule is CC1OCCC1N(C)S(=O)(=O)c1cnn(CCN)c1. The molecule has 2 unspecified atom stereocenters. The van der Waals surface area contributed by atoms with Crippen LogP contribution < -0.4 is 5.73 Å². The van der Waals surface area contributed by atoms with Crippen LogP contribution in [0.2, 0.25) is 0 Å². The van der Waals surface area contributed by atoms with Gasteiger partial charge < -0.3 is 10.5 Å². The van der Waals surface area contributed by atoms with Gasteiger partial charge in [0.05, 0.1) is 24.9 Å². The molecule has 2 N–H and O–H groups in total. The zero-order chi connectivity index (χ0) is 14.0. The second kappa shape index (κ2) is 5.58. The second-order valence-electron chi connectivity index (χ2n) is 4.68. The van der Waals surface area contributed by atoms with Crippen molar-refractivity contribution in [1.29, 1.82) is 0 Å². The Morgan fingerprint density at radius 1 is 1.63 bits per heavy atom. The number of hydrogen-bond donors (Lipinski definition) is 1. The van der Waals surface area contributed by atoms with Crippen LogP contribution in [0.15, 0.2) is 17.3 Å². The quantitative estimate of drug-likeness (QED) is 0.799. The van der Waals surface area contributed by atoms with Gasteiger partial charge in [-0.2, -0.15) is 9.40 Å². The minimum atomic E-state index is -3.52. The third kappa shape index (κ3) is 2.81. The molecule has 0 aromatic carbocycles. The van der Waals surface area contributed by atoms with E-state index in [1.165, 1.54) is 21.4 Å². The minimum absolute atomic E-state index is 0.0844. The lowest BCUT2D eigenvalue weighted by Crippen LogP contribution is -2.40. The molecule has 1 aromatic rings. The van der Waals surface area contributed by atoms with Gasteiger partial charge >= 0.3 is 0 Å². The van der Waals surface area contributed by atoms with Crippen molar-refractivity contribution in [2.75, 3.05) is 20.2 Å². The first-order valence-electron chi connectivity index (χ1n) is 6.29. The molecule has 0 saturated carbocycles. The molecule has 1 aliphatic heterocycles. The summed E-state index contributed by atoms with van der Waals surface area (Å²) in [4.78, 5) is 0.197. The number of ether oxygens (including phenoxy) is 1. The lowest BCUT2D eigenvalue weighted by molar-refractivity contribution is 0.102. The van der Waals surface area contributed by atoms with Crippen molar-refractivity contribution in [1.82, 2.24) is 14.1 Å². The van der Waals surface area contributed by atoms with E-state index in [-0.39, 0.29) is 17.0 Å². The fraction of sp³-hybridized carbons (Fsp3) is 0.727. The zero-order valence-electron chi connectivity index (χ0n) is 11.2. The Morgan fingerprint density at radius 2 is 2.37 bits per heavy atom. The van der Waals surface area contributed by atoms with Crippen molar-refractivity contribution >= 4 is 10.0 Å². The van der Waals surface area contributed by atoms with Gasteiger partial charge in [0.2, 0.25) is 10.0 Å². The summed E-state index contributed by atoms with van der Waals surface area (Å²) >= 11 is 0. The number of nitrogens with zero attached hydrogens (tertiary/aromatic N) is 3. The van der Waals surface area contributed by atoms with Gasteiger partial charge in [0, 0.05) is 26.4 Å². The van der Waals surface area contributed by atoms with E-state index in [0.29, 0.717) is 26.1 Å². The molecule has 19 heavy (non-hydrogen) atoms. The van der Waals surface area contributed by atoms with Crippen molar-refractivity contribution < 1.29 is 13.2 Å². The first-order valence-corrected chi connectivity index (χ1v) is 7.73. The standard InChI is InChI=1S/C11H20N4O3S/c1-9-11(3-6-18-9)14(2)19(16,17)10-7-13-15(8-10)5-4-12/h7-9,11H,3-6,12H2,1-2H3. The monoisotopic (exact) mass is 288 g/mol. The summed E-state index contributed by atoms with van der Waals surface area (Å²) in [6.45, 7) is 3.41. The van der Waals surface area contributed by atoms with Crippen LogP contribution in [0.5, 0.6) is 0 Å². The predicted octanol–water partition coefficient (Wildman–Crippen LogP) is -0.360. The Balaban J connectivity index is 2.20. The van der Waals surface area contributed by atoms with Gasteiger partial charge in [0.1, 0.15) is 4.90 Å². The molecular formula is C11H20N4O3S. The van der Waals surface area contributed by atoms with E-state index in [0.717, 1.165) is 0 Å². The average molecular weight is 288 g/mol. The third-order valence-corrected chi connectivity index (χ3v) is 5.28. The topological polar surface area (TPSA) is 90.5 Å². The molecule has 0 radical (unpaired) electrons. The van der Waals surface area contributed by atoms with Crippen molar-refractivity contribution in [2.24, 2.45) is 5.73 Å². The maximum Gasteiger partial charge on any atom is 0.246 e. The van der Waals surface area contributed by atoms with Crippen molar-refractivity contribution in [3.05, 3.63) is 12.4 Å². The highest BCUT2D eigenvalue weighted by atomic mass is 32.2. The molecule has 0 amide bonds. The van der Waals surface area contributed by atoms with E-state index in [4.69, 9.17) is 10.5 Å². The molecule has 1 aromatic heterocycles. The van der Waals surface area contributed by atoms with Gasteiger partial charge in [0.15, 0.2) is 0 Å². The largest absolute Gasteiger partial charge is 0.377 e. The Bertz CT molecular complexity index is 528. The van der Waals surface area contributed by atoms with Gasteiger partial charge in [-0.1, -0.05) is 0 Å². The molecule has 1 aliphatic rings. The van der Waals surface area contributed by atoms with Crippen molar-refractivity contribution in [2.45, 2.75) is 36.9 Å². The number of aromatic nitrogens is 2. The Morgan fingerprint density at radius 3 is 2.95 bits per heavy atom. The summed E-state index contributed by atoms with van der Waals surface area (Å²) in [5.41, 5.74) is 5.42. The maximum absolute atomic E-state index is 12.5. The average Bonchev–Trinajstić information content (AvgIpc) is 2.98. The molecule has 2 rings (SSSR count). The number of rotatable bonds is 5. The number of likely N-dealkylation sites (N-methyl/N-ethyl adjacent to an activating group) is 1. The van der Waals surface area contributed by atoms with Gasteiger partial charge in [-0.15, -0.1) is 0 Å². The van der Waals surface area contributed by atoms with E-state index < -0.39 is 10.0 Å². The lowest BCUT2D eigenvalue weighted by Gasteiger charge is -2.25. The van der Waals surface area contributed by atoms with Gasteiger partial charge in [-0.05, 0) is 13.3 Å². The third-order valence-electron chi connectivity index (χ3n) is 3.45. The highest BCUT2D eigenvalue weighted by Gasteiger charge is 2.35. The van der Waals surface area contributed by atoms with Crippen molar-refractivity contribution in [3.8, 4) is 0 Å². The Hall–Kier alpha value is -0.960. The van der Waals surface area contributed by atoms with E-state index in [2.05, 4.69) is 5.10 Å². The van der Waals surface area contributed by atoms with E-state index >= 15 is 0 Å². The molecule has 8 heteroatoms. The van der Waals surface area contributed by atoms with Crippen LogP contribution in [0.25, 0.3) is 0 Å². The van der Waals surface area contributed by atoms with Crippen LogP contribution in [0.1, 0.15) is 13.3 Å². The van der Waals surface area contributed by atoms with Crippen LogP contribution in [-0.2, 0) is 21.3 Å². The van der Waals surface area contributed by atoms with Gasteiger partial charge in [-0.3, -0.25) is 4.68 Å². The summed E-state index contributed by atoms with van der Waals surface area (Å²) in [7, 11) is -1.93. The molecule has 108 valence electrons. The molecule has 2 atom stereocenters. The lowest BCUT2D eigenvalue weighted by atomic mass is 10.2. The normalized spacial score (nSPS) is 24.2. The summed E-state index contributed by atoms with van der Waals surface area (Å²) in [5.74, 6) is 0. The number of sulfonamides is 1. The molecule has 0 bridgehead atoms. The number of nitrogens with two attached hydrogens (primary N) is 1. The first-order chi connectivity index (χ1) is 8.96. The van der Waals surface area contributed by atoms with Gasteiger partial charge in [-0.25, -0.2) is 8.42 Å². The number of hydrogen-bond acceptors (Lipinski definition) is 5. The highest BCUT2D eigenvalue weighted by molar-refractivity contribution is 7.89. The summed E-state index contributed by atoms with van der Waals surface area (Å²) < 4.78 is 33.3. The molecule has 1 fully saturated rings. The van der Waals surface area contributed by atoms with E-state index in [1.807, 2.05) is 6.92 Å². The smallest absolute Gasteiger partial charge is 0.246 e. The van der Waals surface area contributed by atoms with Crippen LogP contribution in [0.3, 0.4) is 0 Å². The molecule has 0 spiro atoms. The first kappa shape index (κ1) is 14.4.